The Balaban J connectivity index is 1.53. The van der Waals surface area contributed by atoms with Gasteiger partial charge in [-0.15, -0.1) is 11.3 Å². The predicted octanol–water partition coefficient (Wildman–Crippen LogP) is 4.45. The van der Waals surface area contributed by atoms with E-state index in [4.69, 9.17) is 16.3 Å². The Morgan fingerprint density at radius 3 is 2.66 bits per heavy atom. The SMILES string of the molecule is Cc1ccc2nc(COC(=O)c3sc(-c4ccc(Cl)cc4)nc3C)cc(=O)n2c1. The van der Waals surface area contributed by atoms with Gasteiger partial charge in [0.25, 0.3) is 5.56 Å². The highest BCUT2D eigenvalue weighted by Gasteiger charge is 2.18. The third kappa shape index (κ3) is 4.06. The highest BCUT2D eigenvalue weighted by atomic mass is 35.5. The molecule has 0 N–H and O–H groups in total. The van der Waals surface area contributed by atoms with Crippen LogP contribution < -0.4 is 5.56 Å². The number of rotatable bonds is 4. The number of thiazole rings is 1. The third-order valence-electron chi connectivity index (χ3n) is 4.28. The van der Waals surface area contributed by atoms with Crippen molar-refractivity contribution in [3.63, 3.8) is 0 Å². The summed E-state index contributed by atoms with van der Waals surface area (Å²) in [5, 5.41) is 1.35. The Bertz CT molecular complexity index is 1280. The first-order valence-corrected chi connectivity index (χ1v) is 9.99. The van der Waals surface area contributed by atoms with E-state index in [0.29, 0.717) is 31.9 Å². The van der Waals surface area contributed by atoms with Crippen LogP contribution in [-0.2, 0) is 11.3 Å². The van der Waals surface area contributed by atoms with Crippen LogP contribution in [0.15, 0.2) is 53.5 Å². The molecule has 4 rings (SSSR count). The summed E-state index contributed by atoms with van der Waals surface area (Å²) in [6, 6.07) is 12.3. The number of hydrogen-bond donors (Lipinski definition) is 0. The number of halogens is 1. The first kappa shape index (κ1) is 19.3. The van der Waals surface area contributed by atoms with Crippen molar-refractivity contribution in [1.29, 1.82) is 0 Å². The first-order valence-electron chi connectivity index (χ1n) is 8.80. The van der Waals surface area contributed by atoms with Gasteiger partial charge in [0.1, 0.15) is 22.1 Å². The van der Waals surface area contributed by atoms with E-state index >= 15 is 0 Å². The number of hydrogen-bond acceptors (Lipinski definition) is 6. The average molecular weight is 426 g/mol. The maximum absolute atomic E-state index is 12.5. The second-order valence-corrected chi connectivity index (χ2v) is 7.97. The molecule has 0 radical (unpaired) electrons. The van der Waals surface area contributed by atoms with Crippen molar-refractivity contribution in [3.05, 3.63) is 85.9 Å². The van der Waals surface area contributed by atoms with Crippen molar-refractivity contribution in [2.45, 2.75) is 20.5 Å². The van der Waals surface area contributed by atoms with Gasteiger partial charge in [0, 0.05) is 22.8 Å². The summed E-state index contributed by atoms with van der Waals surface area (Å²) in [5.41, 5.74) is 3.11. The van der Waals surface area contributed by atoms with Gasteiger partial charge < -0.3 is 4.74 Å². The number of pyridine rings is 1. The fourth-order valence-corrected chi connectivity index (χ4v) is 3.93. The van der Waals surface area contributed by atoms with Crippen LogP contribution in [0.4, 0.5) is 0 Å². The standard InChI is InChI=1S/C21H16ClN3O3S/c1-12-3-8-17-24-16(9-18(26)25(17)10-12)11-28-21(27)19-13(2)23-20(29-19)14-4-6-15(22)7-5-14/h3-10H,11H2,1-2H3. The van der Waals surface area contributed by atoms with Crippen LogP contribution in [0.1, 0.15) is 26.6 Å². The third-order valence-corrected chi connectivity index (χ3v) is 5.72. The van der Waals surface area contributed by atoms with Gasteiger partial charge in [-0.05, 0) is 37.6 Å². The van der Waals surface area contributed by atoms with Gasteiger partial charge in [0.2, 0.25) is 0 Å². The number of esters is 1. The minimum Gasteiger partial charge on any atom is -0.455 e. The van der Waals surface area contributed by atoms with Crippen LogP contribution in [0.3, 0.4) is 0 Å². The lowest BCUT2D eigenvalue weighted by molar-refractivity contribution is 0.0472. The van der Waals surface area contributed by atoms with Crippen LogP contribution in [0, 0.1) is 13.8 Å². The van der Waals surface area contributed by atoms with E-state index in [2.05, 4.69) is 9.97 Å². The summed E-state index contributed by atoms with van der Waals surface area (Å²) < 4.78 is 6.86. The maximum Gasteiger partial charge on any atom is 0.350 e. The van der Waals surface area contributed by atoms with E-state index in [9.17, 15) is 9.59 Å². The quantitative estimate of drug-likeness (QED) is 0.452. The number of ether oxygens (including phenoxy) is 1. The number of carbonyl (C=O) groups excluding carboxylic acids is 1. The molecule has 0 aliphatic rings. The molecule has 0 amide bonds. The number of carbonyl (C=O) groups is 1. The lowest BCUT2D eigenvalue weighted by Gasteiger charge is -2.06. The molecule has 29 heavy (non-hydrogen) atoms. The Hall–Kier alpha value is -3.03. The van der Waals surface area contributed by atoms with Gasteiger partial charge in [-0.25, -0.2) is 14.8 Å². The van der Waals surface area contributed by atoms with Crippen LogP contribution >= 0.6 is 22.9 Å². The molecule has 3 heterocycles. The predicted molar refractivity (Wildman–Crippen MR) is 113 cm³/mol. The molecule has 0 saturated carbocycles. The highest BCUT2D eigenvalue weighted by molar-refractivity contribution is 7.17. The van der Waals surface area contributed by atoms with Crippen molar-refractivity contribution in [1.82, 2.24) is 14.4 Å². The first-order chi connectivity index (χ1) is 13.9. The lowest BCUT2D eigenvalue weighted by atomic mass is 10.2. The van der Waals surface area contributed by atoms with Crippen LogP contribution in [0.2, 0.25) is 5.02 Å². The molecule has 0 spiro atoms. The van der Waals surface area contributed by atoms with E-state index in [1.165, 1.54) is 21.8 Å². The van der Waals surface area contributed by atoms with Gasteiger partial charge in [-0.1, -0.05) is 29.8 Å². The second-order valence-electron chi connectivity index (χ2n) is 6.54. The minimum atomic E-state index is -0.494. The van der Waals surface area contributed by atoms with Crippen LogP contribution in [-0.4, -0.2) is 20.3 Å². The van der Waals surface area contributed by atoms with Gasteiger partial charge in [-0.2, -0.15) is 0 Å². The molecule has 146 valence electrons. The molecular weight excluding hydrogens is 410 g/mol. The molecule has 0 aliphatic heterocycles. The summed E-state index contributed by atoms with van der Waals surface area (Å²) in [7, 11) is 0. The molecular formula is C21H16ClN3O3S. The number of nitrogens with zero attached hydrogens (tertiary/aromatic N) is 3. The van der Waals surface area contributed by atoms with Crippen molar-refractivity contribution in [2.75, 3.05) is 0 Å². The molecule has 0 unspecified atom stereocenters. The molecule has 6 nitrogen and oxygen atoms in total. The second kappa shape index (κ2) is 7.77. The Morgan fingerprint density at radius 2 is 1.90 bits per heavy atom. The minimum absolute atomic E-state index is 0.0912. The summed E-state index contributed by atoms with van der Waals surface area (Å²) in [6.07, 6.45) is 1.72. The molecule has 0 aliphatic carbocycles. The number of fused-ring (bicyclic) bond motifs is 1. The average Bonchev–Trinajstić information content (AvgIpc) is 3.09. The van der Waals surface area contributed by atoms with E-state index in [-0.39, 0.29) is 12.2 Å². The molecule has 0 saturated heterocycles. The normalized spacial score (nSPS) is 11.0. The van der Waals surface area contributed by atoms with Crippen molar-refractivity contribution in [2.24, 2.45) is 0 Å². The molecule has 4 aromatic rings. The molecule has 1 aromatic carbocycles. The van der Waals surface area contributed by atoms with Crippen molar-refractivity contribution < 1.29 is 9.53 Å². The Kier molecular flexibility index (Phi) is 5.17. The molecule has 0 atom stereocenters. The molecule has 0 fully saturated rings. The van der Waals surface area contributed by atoms with E-state index in [1.807, 2.05) is 25.1 Å². The largest absolute Gasteiger partial charge is 0.455 e. The van der Waals surface area contributed by atoms with Crippen LogP contribution in [0.5, 0.6) is 0 Å². The zero-order valence-corrected chi connectivity index (χ0v) is 17.3. The summed E-state index contributed by atoms with van der Waals surface area (Å²) in [6.45, 7) is 3.57. The number of benzene rings is 1. The van der Waals surface area contributed by atoms with Gasteiger partial charge in [0.15, 0.2) is 0 Å². The molecule has 3 aromatic heterocycles. The zero-order valence-electron chi connectivity index (χ0n) is 15.7. The van der Waals surface area contributed by atoms with E-state index < -0.39 is 5.97 Å². The summed E-state index contributed by atoms with van der Waals surface area (Å²) in [4.78, 5) is 34.1. The Labute approximate surface area is 175 Å². The lowest BCUT2D eigenvalue weighted by Crippen LogP contribution is -2.16. The number of aromatic nitrogens is 3. The van der Waals surface area contributed by atoms with Gasteiger partial charge >= 0.3 is 5.97 Å². The monoisotopic (exact) mass is 425 g/mol. The summed E-state index contributed by atoms with van der Waals surface area (Å²) in [5.74, 6) is -0.494. The van der Waals surface area contributed by atoms with Crippen LogP contribution in [0.25, 0.3) is 16.2 Å². The Morgan fingerprint density at radius 1 is 1.14 bits per heavy atom. The highest BCUT2D eigenvalue weighted by Crippen LogP contribution is 2.29. The molecule has 8 heteroatoms. The fraction of sp³-hybridized carbons (Fsp3) is 0.143. The fourth-order valence-electron chi connectivity index (χ4n) is 2.84. The van der Waals surface area contributed by atoms with Gasteiger partial charge in [-0.3, -0.25) is 9.20 Å². The topological polar surface area (TPSA) is 73.6 Å². The zero-order chi connectivity index (χ0) is 20.5. The van der Waals surface area contributed by atoms with Gasteiger partial charge in [0.05, 0.1) is 11.4 Å². The number of aryl methyl sites for hydroxylation is 2. The maximum atomic E-state index is 12.5. The smallest absolute Gasteiger partial charge is 0.350 e. The van der Waals surface area contributed by atoms with E-state index in [1.54, 1.807) is 31.3 Å². The molecule has 0 bridgehead atoms. The van der Waals surface area contributed by atoms with E-state index in [0.717, 1.165) is 11.1 Å². The van der Waals surface area contributed by atoms with Crippen molar-refractivity contribution >= 4 is 34.6 Å². The van der Waals surface area contributed by atoms with Crippen molar-refractivity contribution in [3.8, 4) is 10.6 Å². The summed E-state index contributed by atoms with van der Waals surface area (Å²) >= 11 is 7.17.